The highest BCUT2D eigenvalue weighted by molar-refractivity contribution is 7.84. The van der Waals surface area contributed by atoms with Gasteiger partial charge in [0, 0.05) is 13.3 Å². The fraction of sp³-hybridized carbons (Fsp3) is 0.583. The molecule has 0 amide bonds. The Kier molecular flexibility index (Phi) is 5.72. The van der Waals surface area contributed by atoms with Crippen LogP contribution in [0.2, 0.25) is 5.15 Å². The predicted molar refractivity (Wildman–Crippen MR) is 74.9 cm³/mol. The Hall–Kier alpha value is -0.490. The zero-order chi connectivity index (χ0) is 13.8. The molecule has 0 aliphatic heterocycles. The predicted octanol–water partition coefficient (Wildman–Crippen LogP) is 2.47. The number of aromatic nitrogens is 1. The molecule has 1 aromatic heterocycles. The Morgan fingerprint density at radius 3 is 2.72 bits per heavy atom. The third kappa shape index (κ3) is 4.65. The number of methoxy groups -OCH3 is 1. The molecule has 0 aromatic carbocycles. The van der Waals surface area contributed by atoms with Crippen LogP contribution in [0.4, 0.5) is 0 Å². The van der Waals surface area contributed by atoms with Crippen LogP contribution in [-0.2, 0) is 15.7 Å². The van der Waals surface area contributed by atoms with Crippen LogP contribution in [0.5, 0.6) is 0 Å². The first-order valence-electron chi connectivity index (χ1n) is 5.63. The molecule has 2 atom stereocenters. The van der Waals surface area contributed by atoms with Crippen LogP contribution in [0.15, 0.2) is 18.3 Å². The molecule has 4 nitrogen and oxygen atoms in total. The molecule has 1 rings (SSSR count). The Bertz CT molecular complexity index is 421. The van der Waals surface area contributed by atoms with Crippen molar-refractivity contribution in [3.63, 3.8) is 0 Å². The maximum Gasteiger partial charge on any atom is 0.129 e. The van der Waals surface area contributed by atoms with Gasteiger partial charge in [-0.2, -0.15) is 0 Å². The van der Waals surface area contributed by atoms with E-state index < -0.39 is 11.0 Å². The van der Waals surface area contributed by atoms with Gasteiger partial charge in [-0.3, -0.25) is 0 Å². The maximum atomic E-state index is 12.1. The standard InChI is InChI=1S/C12H19ClN2O2S/c1-12(2,3)18(16)15-10(8-17-4)9-5-6-14-11(13)7-9/h5-7,10,15H,8H2,1-4H3/t10?,18-/m1/s1. The summed E-state index contributed by atoms with van der Waals surface area (Å²) in [5.41, 5.74) is 0.912. The molecule has 1 unspecified atom stereocenters. The molecule has 0 fully saturated rings. The second kappa shape index (κ2) is 6.61. The number of hydrogen-bond donors (Lipinski definition) is 1. The average Bonchev–Trinajstić information content (AvgIpc) is 2.27. The van der Waals surface area contributed by atoms with E-state index in [2.05, 4.69) is 9.71 Å². The van der Waals surface area contributed by atoms with E-state index in [9.17, 15) is 4.21 Å². The summed E-state index contributed by atoms with van der Waals surface area (Å²) < 4.78 is 20.0. The lowest BCUT2D eigenvalue weighted by Gasteiger charge is -2.24. The molecular weight excluding hydrogens is 272 g/mol. The van der Waals surface area contributed by atoms with E-state index in [1.54, 1.807) is 19.4 Å². The monoisotopic (exact) mass is 290 g/mol. The number of hydrogen-bond acceptors (Lipinski definition) is 3. The third-order valence-corrected chi connectivity index (χ3v) is 4.11. The number of halogens is 1. The second-order valence-electron chi connectivity index (χ2n) is 4.92. The van der Waals surface area contributed by atoms with Gasteiger partial charge in [-0.15, -0.1) is 0 Å². The summed E-state index contributed by atoms with van der Waals surface area (Å²) in [6, 6.07) is 3.41. The van der Waals surface area contributed by atoms with E-state index >= 15 is 0 Å². The molecule has 0 bridgehead atoms. The lowest BCUT2D eigenvalue weighted by Crippen LogP contribution is -2.37. The van der Waals surface area contributed by atoms with Gasteiger partial charge in [0.05, 0.1) is 28.4 Å². The second-order valence-corrected chi connectivity index (χ2v) is 7.30. The maximum absolute atomic E-state index is 12.1. The van der Waals surface area contributed by atoms with Gasteiger partial charge in [0.2, 0.25) is 0 Å². The minimum absolute atomic E-state index is 0.171. The Morgan fingerprint density at radius 1 is 1.56 bits per heavy atom. The molecule has 102 valence electrons. The molecule has 1 aromatic rings. The molecule has 1 N–H and O–H groups in total. The highest BCUT2D eigenvalue weighted by Crippen LogP contribution is 2.19. The van der Waals surface area contributed by atoms with Gasteiger partial charge in [-0.25, -0.2) is 13.9 Å². The summed E-state index contributed by atoms with van der Waals surface area (Å²) in [5.74, 6) is 0. The first kappa shape index (κ1) is 15.6. The zero-order valence-electron chi connectivity index (χ0n) is 11.1. The van der Waals surface area contributed by atoms with E-state index in [0.29, 0.717) is 11.8 Å². The zero-order valence-corrected chi connectivity index (χ0v) is 12.6. The van der Waals surface area contributed by atoms with Crippen LogP contribution in [0.3, 0.4) is 0 Å². The van der Waals surface area contributed by atoms with Crippen molar-refractivity contribution >= 4 is 22.6 Å². The lowest BCUT2D eigenvalue weighted by atomic mass is 10.1. The number of pyridine rings is 1. The van der Waals surface area contributed by atoms with Crippen molar-refractivity contribution in [2.24, 2.45) is 0 Å². The van der Waals surface area contributed by atoms with Gasteiger partial charge in [0.15, 0.2) is 0 Å². The quantitative estimate of drug-likeness (QED) is 0.848. The fourth-order valence-corrected chi connectivity index (χ4v) is 2.30. The minimum atomic E-state index is -1.17. The van der Waals surface area contributed by atoms with Crippen molar-refractivity contribution in [3.8, 4) is 0 Å². The van der Waals surface area contributed by atoms with Gasteiger partial charge in [0.25, 0.3) is 0 Å². The van der Waals surface area contributed by atoms with Crippen molar-refractivity contribution in [2.45, 2.75) is 31.6 Å². The van der Waals surface area contributed by atoms with Crippen LogP contribution in [0.1, 0.15) is 32.4 Å². The highest BCUT2D eigenvalue weighted by atomic mass is 35.5. The lowest BCUT2D eigenvalue weighted by molar-refractivity contribution is 0.176. The normalized spacial score (nSPS) is 15.4. The van der Waals surface area contributed by atoms with Crippen molar-refractivity contribution in [1.29, 1.82) is 0 Å². The average molecular weight is 291 g/mol. The molecule has 0 radical (unpaired) electrons. The van der Waals surface area contributed by atoms with Crippen molar-refractivity contribution in [1.82, 2.24) is 9.71 Å². The molecule has 1 heterocycles. The summed E-state index contributed by atoms with van der Waals surface area (Å²) in [7, 11) is 0.439. The van der Waals surface area contributed by atoms with E-state index in [-0.39, 0.29) is 10.8 Å². The summed E-state index contributed by atoms with van der Waals surface area (Å²) in [6.45, 7) is 6.17. The van der Waals surface area contributed by atoms with Gasteiger partial charge in [0.1, 0.15) is 5.15 Å². The Morgan fingerprint density at radius 2 is 2.22 bits per heavy atom. The van der Waals surface area contributed by atoms with Crippen LogP contribution in [0.25, 0.3) is 0 Å². The van der Waals surface area contributed by atoms with Crippen LogP contribution in [-0.4, -0.2) is 27.7 Å². The molecule has 0 aliphatic rings. The van der Waals surface area contributed by atoms with Crippen molar-refractivity contribution < 1.29 is 8.95 Å². The molecule has 0 aliphatic carbocycles. The Balaban J connectivity index is 2.87. The van der Waals surface area contributed by atoms with Crippen molar-refractivity contribution in [3.05, 3.63) is 29.0 Å². The third-order valence-electron chi connectivity index (χ3n) is 2.29. The summed E-state index contributed by atoms with van der Waals surface area (Å²) in [5, 5.41) is 0.414. The smallest absolute Gasteiger partial charge is 0.129 e. The van der Waals surface area contributed by atoms with E-state index in [1.807, 2.05) is 26.8 Å². The number of nitrogens with zero attached hydrogens (tertiary/aromatic N) is 1. The van der Waals surface area contributed by atoms with E-state index in [4.69, 9.17) is 16.3 Å². The fourth-order valence-electron chi connectivity index (χ4n) is 1.31. The summed E-state index contributed by atoms with van der Waals surface area (Å²) in [6.07, 6.45) is 1.63. The largest absolute Gasteiger partial charge is 0.383 e. The number of rotatable bonds is 5. The molecule has 6 heteroatoms. The van der Waals surface area contributed by atoms with E-state index in [1.165, 1.54) is 0 Å². The molecular formula is C12H19ClN2O2S. The topological polar surface area (TPSA) is 51.2 Å². The Labute approximate surface area is 116 Å². The van der Waals surface area contributed by atoms with Gasteiger partial charge in [-0.05, 0) is 38.5 Å². The molecule has 18 heavy (non-hydrogen) atoms. The number of ether oxygens (including phenoxy) is 1. The molecule has 0 saturated heterocycles. The van der Waals surface area contributed by atoms with Crippen LogP contribution in [0, 0.1) is 0 Å². The first-order valence-corrected chi connectivity index (χ1v) is 7.16. The van der Waals surface area contributed by atoms with Crippen molar-refractivity contribution in [2.75, 3.05) is 13.7 Å². The van der Waals surface area contributed by atoms with Gasteiger partial charge < -0.3 is 4.74 Å². The van der Waals surface area contributed by atoms with Crippen LogP contribution >= 0.6 is 11.6 Å². The minimum Gasteiger partial charge on any atom is -0.383 e. The first-order chi connectivity index (χ1) is 8.34. The summed E-state index contributed by atoms with van der Waals surface area (Å²) in [4.78, 5) is 3.93. The van der Waals surface area contributed by atoms with Gasteiger partial charge >= 0.3 is 0 Å². The van der Waals surface area contributed by atoms with Gasteiger partial charge in [-0.1, -0.05) is 11.6 Å². The molecule has 0 saturated carbocycles. The SMILES string of the molecule is COCC(N[S@](=O)C(C)(C)C)c1ccnc(Cl)c1. The molecule has 0 spiro atoms. The van der Waals surface area contributed by atoms with Crippen LogP contribution < -0.4 is 4.72 Å². The number of nitrogens with one attached hydrogen (secondary N) is 1. The van der Waals surface area contributed by atoms with E-state index in [0.717, 1.165) is 5.56 Å². The highest BCUT2D eigenvalue weighted by Gasteiger charge is 2.23. The summed E-state index contributed by atoms with van der Waals surface area (Å²) >= 11 is 5.86.